The van der Waals surface area contributed by atoms with Gasteiger partial charge in [-0.15, -0.1) is 0 Å². The van der Waals surface area contributed by atoms with Gasteiger partial charge in [0.15, 0.2) is 6.61 Å². The number of carbonyl (C=O) groups excluding carboxylic acids is 1. The van der Waals surface area contributed by atoms with Gasteiger partial charge in [0.2, 0.25) is 0 Å². The minimum atomic E-state index is -3.98. The van der Waals surface area contributed by atoms with E-state index in [0.29, 0.717) is 5.75 Å². The van der Waals surface area contributed by atoms with Crippen LogP contribution in [0.25, 0.3) is 0 Å². The highest BCUT2D eigenvalue weighted by molar-refractivity contribution is 7.86. The highest BCUT2D eigenvalue weighted by atomic mass is 32.2. The molecule has 0 radical (unpaired) electrons. The molecule has 0 spiro atoms. The van der Waals surface area contributed by atoms with Gasteiger partial charge in [-0.25, -0.2) is 4.79 Å². The lowest BCUT2D eigenvalue weighted by atomic mass is 10.1. The minimum Gasteiger partial charge on any atom is -0.425 e. The lowest BCUT2D eigenvalue weighted by molar-refractivity contribution is -0.136. The Balaban J connectivity index is 1.88. The van der Waals surface area contributed by atoms with E-state index in [2.05, 4.69) is 6.92 Å². The zero-order chi connectivity index (χ0) is 18.3. The second-order valence-corrected chi connectivity index (χ2v) is 7.37. The molecule has 0 heterocycles. The van der Waals surface area contributed by atoms with E-state index in [9.17, 15) is 13.2 Å². The second kappa shape index (κ2) is 8.78. The molecule has 0 unspecified atom stereocenters. The largest absolute Gasteiger partial charge is 0.425 e. The van der Waals surface area contributed by atoms with E-state index in [1.165, 1.54) is 17.7 Å². The number of rotatable bonds is 8. The summed E-state index contributed by atoms with van der Waals surface area (Å²) in [6, 6.07) is 13.4. The molecule has 0 N–H and O–H groups in total. The van der Waals surface area contributed by atoms with Crippen molar-refractivity contribution in [2.45, 2.75) is 38.0 Å². The Hall–Kier alpha value is -2.18. The van der Waals surface area contributed by atoms with Crippen LogP contribution >= 0.6 is 0 Å². The quantitative estimate of drug-likeness (QED) is 0.407. The van der Waals surface area contributed by atoms with E-state index in [1.807, 2.05) is 19.1 Å². The number of benzene rings is 2. The van der Waals surface area contributed by atoms with Crippen LogP contribution in [0.5, 0.6) is 5.75 Å². The SMILES string of the molecule is CCCCc1ccc(OC(=O)COS(=O)(=O)c2ccc(C)cc2)cc1. The van der Waals surface area contributed by atoms with Gasteiger partial charge in [0.25, 0.3) is 10.1 Å². The number of hydrogen-bond acceptors (Lipinski definition) is 5. The van der Waals surface area contributed by atoms with Crippen molar-refractivity contribution in [1.82, 2.24) is 0 Å². The molecule has 6 heteroatoms. The molecular formula is C19H22O5S. The summed E-state index contributed by atoms with van der Waals surface area (Å²) in [4.78, 5) is 11.8. The van der Waals surface area contributed by atoms with Gasteiger partial charge in [-0.05, 0) is 49.6 Å². The van der Waals surface area contributed by atoms with Crippen molar-refractivity contribution < 1.29 is 22.1 Å². The first-order chi connectivity index (χ1) is 11.9. The van der Waals surface area contributed by atoms with E-state index in [-0.39, 0.29) is 4.90 Å². The number of aryl methyl sites for hydroxylation is 2. The number of ether oxygens (including phenoxy) is 1. The summed E-state index contributed by atoms with van der Waals surface area (Å²) >= 11 is 0. The molecule has 2 aromatic carbocycles. The van der Waals surface area contributed by atoms with Gasteiger partial charge < -0.3 is 4.74 Å². The van der Waals surface area contributed by atoms with Gasteiger partial charge >= 0.3 is 5.97 Å². The number of esters is 1. The molecule has 5 nitrogen and oxygen atoms in total. The average Bonchev–Trinajstić information content (AvgIpc) is 2.60. The van der Waals surface area contributed by atoms with Gasteiger partial charge in [-0.3, -0.25) is 4.18 Å². The summed E-state index contributed by atoms with van der Waals surface area (Å²) in [6.45, 7) is 3.30. The number of carbonyl (C=O) groups is 1. The molecule has 0 saturated heterocycles. The van der Waals surface area contributed by atoms with Crippen LogP contribution in [0.15, 0.2) is 53.4 Å². The molecule has 0 amide bonds. The Kier molecular flexibility index (Phi) is 6.73. The highest BCUT2D eigenvalue weighted by Crippen LogP contribution is 2.16. The summed E-state index contributed by atoms with van der Waals surface area (Å²) < 4.78 is 33.9. The minimum absolute atomic E-state index is 0.00572. The molecule has 25 heavy (non-hydrogen) atoms. The van der Waals surface area contributed by atoms with Crippen LogP contribution in [0.4, 0.5) is 0 Å². The van der Waals surface area contributed by atoms with Crippen molar-refractivity contribution in [3.63, 3.8) is 0 Å². The van der Waals surface area contributed by atoms with Crippen LogP contribution < -0.4 is 4.74 Å². The van der Waals surface area contributed by atoms with E-state index >= 15 is 0 Å². The van der Waals surface area contributed by atoms with Crippen molar-refractivity contribution in [2.75, 3.05) is 6.61 Å². The Bertz CT molecular complexity index is 793. The molecule has 0 aromatic heterocycles. The fourth-order valence-corrected chi connectivity index (χ4v) is 3.02. The van der Waals surface area contributed by atoms with E-state index < -0.39 is 22.7 Å². The van der Waals surface area contributed by atoms with E-state index in [1.54, 1.807) is 24.3 Å². The summed E-state index contributed by atoms with van der Waals surface area (Å²) in [6.07, 6.45) is 3.19. The molecule has 0 aliphatic carbocycles. The average molecular weight is 362 g/mol. The molecule has 2 aromatic rings. The number of unbranched alkanes of at least 4 members (excludes halogenated alkanes) is 1. The normalized spacial score (nSPS) is 11.3. The van der Waals surface area contributed by atoms with E-state index in [0.717, 1.165) is 24.8 Å². The standard InChI is InChI=1S/C19H22O5S/c1-3-4-5-16-8-10-17(11-9-16)24-19(20)14-23-25(21,22)18-12-6-15(2)7-13-18/h6-13H,3-5,14H2,1-2H3. The molecule has 134 valence electrons. The predicted octanol–water partition coefficient (Wildman–Crippen LogP) is 3.65. The Morgan fingerprint density at radius 3 is 2.24 bits per heavy atom. The first kappa shape index (κ1) is 19.1. The summed E-state index contributed by atoms with van der Waals surface area (Å²) in [5.74, 6) is -0.404. The van der Waals surface area contributed by atoms with Crippen LogP contribution in [0.3, 0.4) is 0 Å². The highest BCUT2D eigenvalue weighted by Gasteiger charge is 2.18. The topological polar surface area (TPSA) is 69.7 Å². The Morgan fingerprint density at radius 1 is 1.00 bits per heavy atom. The third-order valence-corrected chi connectivity index (χ3v) is 4.89. The Labute approximate surface area is 148 Å². The van der Waals surface area contributed by atoms with Gasteiger partial charge in [-0.2, -0.15) is 8.42 Å². The fourth-order valence-electron chi connectivity index (χ4n) is 2.16. The zero-order valence-corrected chi connectivity index (χ0v) is 15.2. The summed E-state index contributed by atoms with van der Waals surface area (Å²) in [7, 11) is -3.98. The van der Waals surface area contributed by atoms with Gasteiger partial charge in [0.1, 0.15) is 5.75 Å². The van der Waals surface area contributed by atoms with Crippen LogP contribution in [0, 0.1) is 6.92 Å². The molecule has 0 bridgehead atoms. The third kappa shape index (κ3) is 5.99. The number of hydrogen-bond donors (Lipinski definition) is 0. The maximum Gasteiger partial charge on any atom is 0.339 e. The molecule has 0 aliphatic heterocycles. The predicted molar refractivity (Wildman–Crippen MR) is 95.0 cm³/mol. The molecule has 0 atom stereocenters. The molecule has 0 aliphatic rings. The first-order valence-corrected chi connectivity index (χ1v) is 9.57. The summed E-state index contributed by atoms with van der Waals surface area (Å²) in [5, 5.41) is 0. The van der Waals surface area contributed by atoms with Crippen molar-refractivity contribution in [1.29, 1.82) is 0 Å². The molecule has 0 fully saturated rings. The lowest BCUT2D eigenvalue weighted by Gasteiger charge is -2.07. The van der Waals surface area contributed by atoms with Crippen molar-refractivity contribution in [3.05, 3.63) is 59.7 Å². The van der Waals surface area contributed by atoms with Gasteiger partial charge in [0.05, 0.1) is 4.90 Å². The van der Waals surface area contributed by atoms with Crippen LogP contribution in [-0.2, 0) is 25.5 Å². The molecule has 0 saturated carbocycles. The van der Waals surface area contributed by atoms with Crippen LogP contribution in [0.1, 0.15) is 30.9 Å². The van der Waals surface area contributed by atoms with Crippen LogP contribution in [0.2, 0.25) is 0 Å². The lowest BCUT2D eigenvalue weighted by Crippen LogP contribution is -2.19. The maximum absolute atomic E-state index is 12.0. The molecular weight excluding hydrogens is 340 g/mol. The van der Waals surface area contributed by atoms with Crippen molar-refractivity contribution in [2.24, 2.45) is 0 Å². The maximum atomic E-state index is 12.0. The zero-order valence-electron chi connectivity index (χ0n) is 14.4. The second-order valence-electron chi connectivity index (χ2n) is 5.75. The van der Waals surface area contributed by atoms with Gasteiger partial charge in [-0.1, -0.05) is 43.2 Å². The van der Waals surface area contributed by atoms with Crippen LogP contribution in [-0.4, -0.2) is 21.0 Å². The van der Waals surface area contributed by atoms with Gasteiger partial charge in [0, 0.05) is 0 Å². The first-order valence-electron chi connectivity index (χ1n) is 8.16. The monoisotopic (exact) mass is 362 g/mol. The Morgan fingerprint density at radius 2 is 1.64 bits per heavy atom. The van der Waals surface area contributed by atoms with Crippen molar-refractivity contribution in [3.8, 4) is 5.75 Å². The van der Waals surface area contributed by atoms with Crippen molar-refractivity contribution >= 4 is 16.1 Å². The van der Waals surface area contributed by atoms with E-state index in [4.69, 9.17) is 8.92 Å². The summed E-state index contributed by atoms with van der Waals surface area (Å²) in [5.41, 5.74) is 2.10. The smallest absolute Gasteiger partial charge is 0.339 e. The third-order valence-electron chi connectivity index (χ3n) is 3.62. The fraction of sp³-hybridized carbons (Fsp3) is 0.316. The molecule has 2 rings (SSSR count).